The number of carbonyl (C=O) groups excluding carboxylic acids is 1. The number of hydrogen-bond acceptors (Lipinski definition) is 2. The summed E-state index contributed by atoms with van der Waals surface area (Å²) in [5, 5.41) is 2.56. The van der Waals surface area contributed by atoms with E-state index in [1.807, 2.05) is 35.2 Å². The van der Waals surface area contributed by atoms with E-state index in [1.165, 1.54) is 21.9 Å². The summed E-state index contributed by atoms with van der Waals surface area (Å²) in [5.41, 5.74) is 4.65. The molecule has 3 nitrogen and oxygen atoms in total. The lowest BCUT2D eigenvalue weighted by atomic mass is 9.77. The summed E-state index contributed by atoms with van der Waals surface area (Å²) in [6, 6.07) is 18.6. The maximum Gasteiger partial charge on any atom is 0.254 e. The first kappa shape index (κ1) is 15.4. The molecule has 0 N–H and O–H groups in total. The average molecular weight is 343 g/mol. The molecule has 1 aliphatic carbocycles. The second kappa shape index (κ2) is 5.34. The predicted molar refractivity (Wildman–Crippen MR) is 103 cm³/mol. The smallest absolute Gasteiger partial charge is 0.254 e. The number of ether oxygens (including phenoxy) is 1. The molecule has 3 aromatic carbocycles. The van der Waals surface area contributed by atoms with Crippen LogP contribution in [0, 0.1) is 0 Å². The molecule has 0 saturated carbocycles. The van der Waals surface area contributed by atoms with Crippen molar-refractivity contribution < 1.29 is 9.53 Å². The Morgan fingerprint density at radius 2 is 1.88 bits per heavy atom. The molecule has 0 radical (unpaired) electrons. The fraction of sp³-hybridized carbons (Fsp3) is 0.261. The molecule has 1 atom stereocenters. The van der Waals surface area contributed by atoms with E-state index in [9.17, 15) is 4.79 Å². The number of methoxy groups -OCH3 is 1. The standard InChI is InChI=1S/C23H21NO2/c1-23-12-17-5-3-4-16-8-11-19(21(23)20(16)17)22(25)24(14-23)13-15-6-9-18(26-2)10-7-15/h3-11H,12-14H2,1-2H3. The minimum absolute atomic E-state index is 0.00108. The molecule has 5 rings (SSSR count). The molecule has 2 aliphatic rings. The summed E-state index contributed by atoms with van der Waals surface area (Å²) in [6.45, 7) is 3.70. The normalized spacial score (nSPS) is 20.7. The van der Waals surface area contributed by atoms with Crippen molar-refractivity contribution in [2.24, 2.45) is 0 Å². The Balaban J connectivity index is 1.56. The Bertz CT molecular complexity index is 1040. The van der Waals surface area contributed by atoms with Crippen molar-refractivity contribution in [3.8, 4) is 5.75 Å². The lowest BCUT2D eigenvalue weighted by molar-refractivity contribution is 0.0669. The predicted octanol–water partition coefficient (Wildman–Crippen LogP) is 4.32. The van der Waals surface area contributed by atoms with Crippen LogP contribution in [0.1, 0.15) is 34.0 Å². The van der Waals surface area contributed by atoms with Gasteiger partial charge < -0.3 is 9.64 Å². The third-order valence-corrected chi connectivity index (χ3v) is 5.91. The monoisotopic (exact) mass is 343 g/mol. The van der Waals surface area contributed by atoms with Crippen LogP contribution in [-0.2, 0) is 18.4 Å². The van der Waals surface area contributed by atoms with Gasteiger partial charge in [-0.25, -0.2) is 0 Å². The summed E-state index contributed by atoms with van der Waals surface area (Å²) in [6.07, 6.45) is 1.00. The summed E-state index contributed by atoms with van der Waals surface area (Å²) >= 11 is 0. The van der Waals surface area contributed by atoms with E-state index in [0.717, 1.165) is 29.8 Å². The quantitative estimate of drug-likeness (QED) is 0.709. The highest BCUT2D eigenvalue weighted by Gasteiger charge is 2.44. The van der Waals surface area contributed by atoms with E-state index in [4.69, 9.17) is 4.74 Å². The van der Waals surface area contributed by atoms with Crippen LogP contribution in [0.4, 0.5) is 0 Å². The molecule has 0 aromatic heterocycles. The molecule has 3 heteroatoms. The second-order valence-electron chi connectivity index (χ2n) is 7.75. The first-order valence-corrected chi connectivity index (χ1v) is 9.06. The number of carbonyl (C=O) groups is 1. The Labute approximate surface area is 153 Å². The Kier molecular flexibility index (Phi) is 3.17. The van der Waals surface area contributed by atoms with Crippen molar-refractivity contribution in [3.05, 3.63) is 76.9 Å². The summed E-state index contributed by atoms with van der Waals surface area (Å²) in [4.78, 5) is 15.2. The largest absolute Gasteiger partial charge is 0.497 e. The molecular formula is C23H21NO2. The molecule has 0 saturated heterocycles. The summed E-state index contributed by atoms with van der Waals surface area (Å²) < 4.78 is 5.23. The third-order valence-electron chi connectivity index (χ3n) is 5.91. The molecular weight excluding hydrogens is 322 g/mol. The van der Waals surface area contributed by atoms with Crippen LogP contribution >= 0.6 is 0 Å². The SMILES string of the molecule is COc1ccc(CN2CC3(C)Cc4cccc5ccc(c3c45)C2=O)cc1. The Morgan fingerprint density at radius 3 is 2.65 bits per heavy atom. The van der Waals surface area contributed by atoms with E-state index < -0.39 is 0 Å². The number of rotatable bonds is 3. The van der Waals surface area contributed by atoms with Crippen molar-refractivity contribution in [1.29, 1.82) is 0 Å². The Hall–Kier alpha value is -2.81. The number of amides is 1. The van der Waals surface area contributed by atoms with Crippen LogP contribution in [0.25, 0.3) is 10.8 Å². The van der Waals surface area contributed by atoms with Gasteiger partial charge in [-0.15, -0.1) is 0 Å². The van der Waals surface area contributed by atoms with Gasteiger partial charge in [-0.1, -0.05) is 43.3 Å². The zero-order valence-corrected chi connectivity index (χ0v) is 15.1. The molecule has 1 unspecified atom stereocenters. The molecule has 1 amide bonds. The van der Waals surface area contributed by atoms with Gasteiger partial charge in [0.05, 0.1) is 7.11 Å². The molecule has 0 fully saturated rings. The van der Waals surface area contributed by atoms with Gasteiger partial charge in [0.15, 0.2) is 0 Å². The topological polar surface area (TPSA) is 29.5 Å². The van der Waals surface area contributed by atoms with Crippen LogP contribution in [0.3, 0.4) is 0 Å². The van der Waals surface area contributed by atoms with Crippen molar-refractivity contribution in [2.75, 3.05) is 13.7 Å². The fourth-order valence-electron chi connectivity index (χ4n) is 4.79. The van der Waals surface area contributed by atoms with Gasteiger partial charge >= 0.3 is 0 Å². The van der Waals surface area contributed by atoms with E-state index in [-0.39, 0.29) is 11.3 Å². The molecule has 3 aromatic rings. The number of nitrogens with zero attached hydrogens (tertiary/aromatic N) is 1. The first-order valence-electron chi connectivity index (χ1n) is 9.06. The molecule has 26 heavy (non-hydrogen) atoms. The van der Waals surface area contributed by atoms with Gasteiger partial charge in [-0.3, -0.25) is 4.79 Å². The third kappa shape index (κ3) is 2.10. The Morgan fingerprint density at radius 1 is 1.08 bits per heavy atom. The second-order valence-corrected chi connectivity index (χ2v) is 7.75. The molecule has 1 aliphatic heterocycles. The van der Waals surface area contributed by atoms with Gasteiger partial charge in [0.2, 0.25) is 0 Å². The van der Waals surface area contributed by atoms with Crippen LogP contribution in [-0.4, -0.2) is 24.5 Å². The lowest BCUT2D eigenvalue weighted by Gasteiger charge is -2.39. The van der Waals surface area contributed by atoms with Gasteiger partial charge in [0.25, 0.3) is 5.91 Å². The average Bonchev–Trinajstić information content (AvgIpc) is 2.96. The number of benzene rings is 3. The molecule has 130 valence electrons. The van der Waals surface area contributed by atoms with Gasteiger partial charge in [-0.2, -0.15) is 0 Å². The molecule has 1 heterocycles. The van der Waals surface area contributed by atoms with Gasteiger partial charge in [0.1, 0.15) is 5.75 Å². The van der Waals surface area contributed by atoms with Crippen molar-refractivity contribution in [2.45, 2.75) is 25.3 Å². The highest BCUT2D eigenvalue weighted by atomic mass is 16.5. The molecule has 0 bridgehead atoms. The van der Waals surface area contributed by atoms with Gasteiger partial charge in [-0.05, 0) is 52.1 Å². The van der Waals surface area contributed by atoms with E-state index >= 15 is 0 Å². The van der Waals surface area contributed by atoms with Crippen LogP contribution in [0.5, 0.6) is 5.75 Å². The molecule has 0 spiro atoms. The minimum Gasteiger partial charge on any atom is -0.497 e. The van der Waals surface area contributed by atoms with Crippen LogP contribution in [0.2, 0.25) is 0 Å². The first-order chi connectivity index (χ1) is 12.6. The van der Waals surface area contributed by atoms with E-state index in [1.54, 1.807) is 7.11 Å². The lowest BCUT2D eigenvalue weighted by Crippen LogP contribution is -2.47. The highest BCUT2D eigenvalue weighted by Crippen LogP contribution is 2.47. The zero-order valence-electron chi connectivity index (χ0n) is 15.1. The van der Waals surface area contributed by atoms with Crippen molar-refractivity contribution in [3.63, 3.8) is 0 Å². The maximum atomic E-state index is 13.2. The fourth-order valence-corrected chi connectivity index (χ4v) is 4.79. The zero-order chi connectivity index (χ0) is 17.9. The van der Waals surface area contributed by atoms with E-state index in [2.05, 4.69) is 31.2 Å². The van der Waals surface area contributed by atoms with Gasteiger partial charge in [0, 0.05) is 24.1 Å². The maximum absolute atomic E-state index is 13.2. The number of hydrogen-bond donors (Lipinski definition) is 0. The summed E-state index contributed by atoms with van der Waals surface area (Å²) in [5.74, 6) is 0.983. The van der Waals surface area contributed by atoms with Crippen LogP contribution < -0.4 is 4.74 Å². The van der Waals surface area contributed by atoms with Crippen molar-refractivity contribution >= 4 is 16.7 Å². The van der Waals surface area contributed by atoms with Crippen LogP contribution in [0.15, 0.2) is 54.6 Å². The van der Waals surface area contributed by atoms with Crippen molar-refractivity contribution in [1.82, 2.24) is 4.90 Å². The summed E-state index contributed by atoms with van der Waals surface area (Å²) in [7, 11) is 1.67. The minimum atomic E-state index is -0.00108. The van der Waals surface area contributed by atoms with E-state index in [0.29, 0.717) is 6.54 Å². The highest BCUT2D eigenvalue weighted by molar-refractivity contribution is 6.05.